The molecule has 1 aliphatic rings. The van der Waals surface area contributed by atoms with E-state index in [1.54, 1.807) is 19.3 Å². The van der Waals surface area contributed by atoms with Gasteiger partial charge in [0.05, 0.1) is 26.5 Å². The Labute approximate surface area is 189 Å². The van der Waals surface area contributed by atoms with E-state index in [0.717, 1.165) is 11.3 Å². The van der Waals surface area contributed by atoms with Gasteiger partial charge in [0.25, 0.3) is 0 Å². The molecule has 0 atom stereocenters. The van der Waals surface area contributed by atoms with Crippen molar-refractivity contribution in [3.05, 3.63) is 58.2 Å². The van der Waals surface area contributed by atoms with Gasteiger partial charge in [-0.1, -0.05) is 41.4 Å². The lowest BCUT2D eigenvalue weighted by Crippen LogP contribution is -2.46. The lowest BCUT2D eigenvalue weighted by atomic mass is 10.2. The van der Waals surface area contributed by atoms with Crippen LogP contribution in [0, 0.1) is 0 Å². The molecule has 2 aromatic carbocycles. The first-order chi connectivity index (χ1) is 14.9. The van der Waals surface area contributed by atoms with Crippen LogP contribution in [0.1, 0.15) is 5.56 Å². The van der Waals surface area contributed by atoms with Crippen LogP contribution in [-0.4, -0.2) is 37.3 Å². The van der Waals surface area contributed by atoms with Crippen molar-refractivity contribution in [2.45, 2.75) is 6.54 Å². The standard InChI is InChI=1S/C21H19Cl2N5O3/c1-27-19-12(10-24-20(26-19)25-13-7-5-4-6-8-13)11-28(21(27)29)18-16(22)14(30-2)9-15(31-3)17(18)23/h4-10H,11H2,1-3H3,(H,24,25,26). The predicted octanol–water partition coefficient (Wildman–Crippen LogP) is 5.12. The zero-order chi connectivity index (χ0) is 22.1. The molecule has 0 radical (unpaired) electrons. The summed E-state index contributed by atoms with van der Waals surface area (Å²) in [6.45, 7) is 0.180. The fourth-order valence-electron chi connectivity index (χ4n) is 3.30. The van der Waals surface area contributed by atoms with E-state index in [4.69, 9.17) is 32.7 Å². The highest BCUT2D eigenvalue weighted by Gasteiger charge is 2.34. The third-order valence-electron chi connectivity index (χ3n) is 4.86. The second-order valence-electron chi connectivity index (χ2n) is 6.72. The number of para-hydroxylation sites is 1. The highest BCUT2D eigenvalue weighted by Crippen LogP contribution is 2.47. The van der Waals surface area contributed by atoms with Crippen molar-refractivity contribution in [2.24, 2.45) is 0 Å². The normalized spacial score (nSPS) is 13.1. The van der Waals surface area contributed by atoms with Crippen molar-refractivity contribution < 1.29 is 14.3 Å². The highest BCUT2D eigenvalue weighted by atomic mass is 35.5. The Morgan fingerprint density at radius 2 is 1.71 bits per heavy atom. The summed E-state index contributed by atoms with van der Waals surface area (Å²) in [6.07, 6.45) is 1.67. The number of carbonyl (C=O) groups excluding carboxylic acids is 1. The summed E-state index contributed by atoms with van der Waals surface area (Å²) >= 11 is 13.0. The van der Waals surface area contributed by atoms with Gasteiger partial charge in [-0.2, -0.15) is 4.98 Å². The summed E-state index contributed by atoms with van der Waals surface area (Å²) in [7, 11) is 4.59. The first-order valence-corrected chi connectivity index (χ1v) is 10.0. The van der Waals surface area contributed by atoms with Gasteiger partial charge in [-0.25, -0.2) is 9.78 Å². The van der Waals surface area contributed by atoms with Crippen molar-refractivity contribution in [1.82, 2.24) is 9.97 Å². The fraction of sp³-hybridized carbons (Fsp3) is 0.190. The predicted molar refractivity (Wildman–Crippen MR) is 121 cm³/mol. The molecule has 160 valence electrons. The van der Waals surface area contributed by atoms with Crippen LogP contribution in [0.25, 0.3) is 0 Å². The average molecular weight is 460 g/mol. The minimum atomic E-state index is -0.351. The number of anilines is 4. The molecule has 3 aromatic rings. The Balaban J connectivity index is 1.73. The van der Waals surface area contributed by atoms with Crippen molar-refractivity contribution in [1.29, 1.82) is 0 Å². The van der Waals surface area contributed by atoms with Crippen LogP contribution in [0.15, 0.2) is 42.6 Å². The van der Waals surface area contributed by atoms with Gasteiger partial charge in [-0.3, -0.25) is 9.80 Å². The smallest absolute Gasteiger partial charge is 0.330 e. The summed E-state index contributed by atoms with van der Waals surface area (Å²) in [5, 5.41) is 3.55. The van der Waals surface area contributed by atoms with Crippen LogP contribution in [0.3, 0.4) is 0 Å². The first-order valence-electron chi connectivity index (χ1n) is 9.27. The lowest BCUT2D eigenvalue weighted by molar-refractivity contribution is 0.251. The van der Waals surface area contributed by atoms with E-state index in [1.807, 2.05) is 30.3 Å². The molecule has 0 spiro atoms. The zero-order valence-corrected chi connectivity index (χ0v) is 18.5. The van der Waals surface area contributed by atoms with Crippen molar-refractivity contribution in [3.63, 3.8) is 0 Å². The Bertz CT molecular complexity index is 1120. The van der Waals surface area contributed by atoms with Crippen LogP contribution in [0.4, 0.5) is 27.9 Å². The number of amides is 2. The number of methoxy groups -OCH3 is 2. The number of benzene rings is 2. The van der Waals surface area contributed by atoms with Crippen molar-refractivity contribution in [2.75, 3.05) is 36.4 Å². The maximum absolute atomic E-state index is 13.2. The van der Waals surface area contributed by atoms with Crippen molar-refractivity contribution in [3.8, 4) is 11.5 Å². The van der Waals surface area contributed by atoms with Crippen LogP contribution >= 0.6 is 23.2 Å². The number of aromatic nitrogens is 2. The molecule has 1 aromatic heterocycles. The van der Waals surface area contributed by atoms with Crippen LogP contribution < -0.4 is 24.6 Å². The number of nitrogens with zero attached hydrogens (tertiary/aromatic N) is 4. The molecule has 0 fully saturated rings. The number of hydrogen-bond acceptors (Lipinski definition) is 6. The van der Waals surface area contributed by atoms with E-state index < -0.39 is 0 Å². The number of urea groups is 1. The number of halogens is 2. The van der Waals surface area contributed by atoms with E-state index in [9.17, 15) is 4.79 Å². The largest absolute Gasteiger partial charge is 0.495 e. The van der Waals surface area contributed by atoms with Gasteiger partial charge in [-0.05, 0) is 12.1 Å². The molecule has 4 rings (SSSR count). The zero-order valence-electron chi connectivity index (χ0n) is 17.0. The number of hydrogen-bond donors (Lipinski definition) is 1. The third-order valence-corrected chi connectivity index (χ3v) is 5.59. The minimum absolute atomic E-state index is 0.180. The van der Waals surface area contributed by atoms with Crippen LogP contribution in [-0.2, 0) is 6.54 Å². The van der Waals surface area contributed by atoms with E-state index in [1.165, 1.54) is 24.0 Å². The first kappa shape index (κ1) is 21.0. The summed E-state index contributed by atoms with van der Waals surface area (Å²) in [5.41, 5.74) is 1.87. The number of ether oxygens (including phenoxy) is 2. The fourth-order valence-corrected chi connectivity index (χ4v) is 4.01. The molecule has 0 unspecified atom stereocenters. The van der Waals surface area contributed by atoms with Gasteiger partial charge in [0.1, 0.15) is 27.4 Å². The van der Waals surface area contributed by atoms with E-state index in [0.29, 0.717) is 29.0 Å². The molecular weight excluding hydrogens is 441 g/mol. The number of nitrogens with one attached hydrogen (secondary N) is 1. The van der Waals surface area contributed by atoms with E-state index in [-0.39, 0.29) is 22.6 Å². The number of rotatable bonds is 5. The molecule has 0 bridgehead atoms. The topological polar surface area (TPSA) is 79.8 Å². The summed E-state index contributed by atoms with van der Waals surface area (Å²) in [5.74, 6) is 1.57. The summed E-state index contributed by atoms with van der Waals surface area (Å²) in [4.78, 5) is 25.0. The van der Waals surface area contributed by atoms with Crippen LogP contribution in [0.5, 0.6) is 11.5 Å². The number of fused-ring (bicyclic) bond motifs is 1. The van der Waals surface area contributed by atoms with Gasteiger partial charge in [-0.15, -0.1) is 0 Å². The molecule has 0 saturated carbocycles. The van der Waals surface area contributed by atoms with Crippen LogP contribution in [0.2, 0.25) is 10.0 Å². The third kappa shape index (κ3) is 3.80. The SMILES string of the molecule is COc1cc(OC)c(Cl)c(N2Cc3cnc(Nc4ccccc4)nc3N(C)C2=O)c1Cl. The second kappa shape index (κ2) is 8.49. The minimum Gasteiger partial charge on any atom is -0.495 e. The molecule has 0 aliphatic carbocycles. The molecule has 2 heterocycles. The Kier molecular flexibility index (Phi) is 5.75. The van der Waals surface area contributed by atoms with Gasteiger partial charge in [0, 0.05) is 30.6 Å². The molecular formula is C21H19Cl2N5O3. The van der Waals surface area contributed by atoms with Gasteiger partial charge < -0.3 is 14.8 Å². The van der Waals surface area contributed by atoms with E-state index >= 15 is 0 Å². The highest BCUT2D eigenvalue weighted by molar-refractivity contribution is 6.42. The molecule has 8 nitrogen and oxygen atoms in total. The molecule has 2 amide bonds. The maximum atomic E-state index is 13.2. The molecule has 0 saturated heterocycles. The summed E-state index contributed by atoms with van der Waals surface area (Å²) < 4.78 is 10.6. The second-order valence-corrected chi connectivity index (χ2v) is 7.47. The van der Waals surface area contributed by atoms with Gasteiger partial charge in [0.2, 0.25) is 5.95 Å². The maximum Gasteiger partial charge on any atom is 0.330 e. The monoisotopic (exact) mass is 459 g/mol. The Hall–Kier alpha value is -3.23. The molecule has 10 heteroatoms. The quantitative estimate of drug-likeness (QED) is 0.570. The lowest BCUT2D eigenvalue weighted by Gasteiger charge is -2.35. The number of carbonyl (C=O) groups is 1. The Morgan fingerprint density at radius 1 is 1.06 bits per heavy atom. The van der Waals surface area contributed by atoms with Gasteiger partial charge >= 0.3 is 6.03 Å². The van der Waals surface area contributed by atoms with Crippen molar-refractivity contribution >= 4 is 52.4 Å². The van der Waals surface area contributed by atoms with E-state index in [2.05, 4.69) is 15.3 Å². The molecule has 1 aliphatic heterocycles. The Morgan fingerprint density at radius 3 is 2.32 bits per heavy atom. The average Bonchev–Trinajstić information content (AvgIpc) is 2.78. The molecule has 31 heavy (non-hydrogen) atoms. The van der Waals surface area contributed by atoms with Gasteiger partial charge in [0.15, 0.2) is 0 Å². The molecule has 1 N–H and O–H groups in total. The summed E-state index contributed by atoms with van der Waals surface area (Å²) in [6, 6.07) is 10.8.